The maximum absolute atomic E-state index is 11.7. The van der Waals surface area contributed by atoms with Crippen molar-refractivity contribution in [2.75, 3.05) is 13.6 Å². The Morgan fingerprint density at radius 3 is 1.86 bits per heavy atom. The van der Waals surface area contributed by atoms with E-state index >= 15 is 0 Å². The number of aliphatic imine (C=N–C) groups is 1. The SMILES string of the molecule is CN=C(NNN)C1(CCN)c2ccc(C(N)=O)cc2-c2cc(C(N)=O)ccc21. The molecular formula is C19H23N7O2. The summed E-state index contributed by atoms with van der Waals surface area (Å²) in [6.07, 6.45) is 0.514. The topological polar surface area (TPSA) is 175 Å². The number of fused-ring (bicyclic) bond motifs is 3. The lowest BCUT2D eigenvalue weighted by Crippen LogP contribution is -2.52. The highest BCUT2D eigenvalue weighted by atomic mass is 16.1. The zero-order valence-corrected chi connectivity index (χ0v) is 15.5. The molecule has 10 N–H and O–H groups in total. The Hall–Kier alpha value is -3.27. The standard InChI is InChI=1S/C19H23N7O2/c1-24-18(25-26-23)19(6-7-20)14-4-2-10(16(21)27)8-12(14)13-9-11(17(22)28)3-5-15(13)19/h2-5,8-9,26H,6-7,20,23H2,1H3,(H2,21,27)(H2,22,28)(H,24,25). The Morgan fingerprint density at radius 2 is 1.50 bits per heavy atom. The molecule has 2 aromatic rings. The molecule has 0 heterocycles. The molecule has 28 heavy (non-hydrogen) atoms. The van der Waals surface area contributed by atoms with E-state index in [1.165, 1.54) is 0 Å². The number of nitrogens with zero attached hydrogens (tertiary/aromatic N) is 1. The third kappa shape index (κ3) is 2.82. The van der Waals surface area contributed by atoms with Gasteiger partial charge in [0.2, 0.25) is 11.8 Å². The summed E-state index contributed by atoms with van der Waals surface area (Å²) in [6.45, 7) is 0.360. The fraction of sp³-hybridized carbons (Fsp3) is 0.211. The van der Waals surface area contributed by atoms with E-state index in [0.29, 0.717) is 29.9 Å². The first kappa shape index (κ1) is 19.5. The van der Waals surface area contributed by atoms with E-state index in [-0.39, 0.29) is 0 Å². The van der Waals surface area contributed by atoms with Gasteiger partial charge >= 0.3 is 0 Å². The van der Waals surface area contributed by atoms with Crippen LogP contribution in [0.4, 0.5) is 0 Å². The van der Waals surface area contributed by atoms with Gasteiger partial charge in [-0.15, -0.1) is 0 Å². The number of amides is 2. The zero-order chi connectivity index (χ0) is 20.5. The molecule has 0 atom stereocenters. The van der Waals surface area contributed by atoms with Crippen LogP contribution in [0.5, 0.6) is 0 Å². The van der Waals surface area contributed by atoms with Gasteiger partial charge in [0.25, 0.3) is 0 Å². The third-order valence-corrected chi connectivity index (χ3v) is 5.16. The van der Waals surface area contributed by atoms with Gasteiger partial charge in [-0.1, -0.05) is 12.1 Å². The van der Waals surface area contributed by atoms with Crippen molar-refractivity contribution in [1.29, 1.82) is 0 Å². The molecular weight excluding hydrogens is 358 g/mol. The van der Waals surface area contributed by atoms with Crippen LogP contribution in [0.1, 0.15) is 38.3 Å². The van der Waals surface area contributed by atoms with E-state index < -0.39 is 17.2 Å². The molecule has 2 amide bonds. The average molecular weight is 381 g/mol. The number of rotatable bonds is 6. The summed E-state index contributed by atoms with van der Waals surface area (Å²) < 4.78 is 0. The lowest BCUT2D eigenvalue weighted by atomic mass is 9.74. The molecule has 1 aliphatic carbocycles. The van der Waals surface area contributed by atoms with E-state index in [2.05, 4.69) is 16.0 Å². The molecule has 0 saturated carbocycles. The van der Waals surface area contributed by atoms with Crippen LogP contribution in [0.3, 0.4) is 0 Å². The predicted octanol–water partition coefficient (Wildman–Crippen LogP) is -0.504. The first-order valence-corrected chi connectivity index (χ1v) is 8.68. The maximum atomic E-state index is 11.7. The second-order valence-corrected chi connectivity index (χ2v) is 6.53. The molecule has 0 aliphatic heterocycles. The van der Waals surface area contributed by atoms with Crippen molar-refractivity contribution in [1.82, 2.24) is 11.0 Å². The second-order valence-electron chi connectivity index (χ2n) is 6.53. The van der Waals surface area contributed by atoms with Gasteiger partial charge in [0, 0.05) is 18.2 Å². The monoisotopic (exact) mass is 381 g/mol. The van der Waals surface area contributed by atoms with Gasteiger partial charge in [0.05, 0.1) is 5.41 Å². The second kappa shape index (κ2) is 7.39. The van der Waals surface area contributed by atoms with Gasteiger partial charge < -0.3 is 17.2 Å². The predicted molar refractivity (Wildman–Crippen MR) is 107 cm³/mol. The first-order valence-electron chi connectivity index (χ1n) is 8.68. The molecule has 1 aliphatic rings. The fourth-order valence-electron chi connectivity index (χ4n) is 4.01. The van der Waals surface area contributed by atoms with Gasteiger partial charge in [-0.3, -0.25) is 25.8 Å². The number of nitrogens with one attached hydrogen (secondary N) is 2. The van der Waals surface area contributed by atoms with Crippen molar-refractivity contribution < 1.29 is 9.59 Å². The van der Waals surface area contributed by atoms with E-state index in [0.717, 1.165) is 22.3 Å². The number of hydrogen-bond donors (Lipinski definition) is 6. The minimum atomic E-state index is -0.743. The molecule has 0 saturated heterocycles. The largest absolute Gasteiger partial charge is 0.366 e. The Labute approximate surface area is 162 Å². The van der Waals surface area contributed by atoms with E-state index in [1.807, 2.05) is 12.1 Å². The van der Waals surface area contributed by atoms with Crippen LogP contribution in [0.2, 0.25) is 0 Å². The maximum Gasteiger partial charge on any atom is 0.248 e. The fourth-order valence-corrected chi connectivity index (χ4v) is 4.01. The molecule has 9 nitrogen and oxygen atoms in total. The average Bonchev–Trinajstić information content (AvgIpc) is 2.96. The van der Waals surface area contributed by atoms with Crippen LogP contribution in [-0.4, -0.2) is 31.2 Å². The summed E-state index contributed by atoms with van der Waals surface area (Å²) in [5, 5.41) is 0. The van der Waals surface area contributed by atoms with Gasteiger partial charge in [-0.25, -0.2) is 0 Å². The first-order chi connectivity index (χ1) is 13.4. The minimum absolute atomic E-state index is 0.359. The highest BCUT2D eigenvalue weighted by molar-refractivity contribution is 6.06. The summed E-state index contributed by atoms with van der Waals surface area (Å²) in [5.41, 5.74) is 25.5. The molecule has 3 rings (SSSR count). The summed E-state index contributed by atoms with van der Waals surface area (Å²) in [6, 6.07) is 10.4. The van der Waals surface area contributed by atoms with Crippen LogP contribution in [0.25, 0.3) is 11.1 Å². The van der Waals surface area contributed by atoms with Gasteiger partial charge in [-0.05, 0) is 59.5 Å². The quantitative estimate of drug-likeness (QED) is 0.170. The van der Waals surface area contributed by atoms with Crippen molar-refractivity contribution in [3.05, 3.63) is 58.7 Å². The van der Waals surface area contributed by atoms with Crippen molar-refractivity contribution >= 4 is 17.6 Å². The van der Waals surface area contributed by atoms with Crippen LogP contribution in [0.15, 0.2) is 41.4 Å². The van der Waals surface area contributed by atoms with Crippen molar-refractivity contribution in [2.24, 2.45) is 28.0 Å². The molecule has 146 valence electrons. The molecule has 0 aromatic heterocycles. The summed E-state index contributed by atoms with van der Waals surface area (Å²) in [4.78, 5) is 27.9. The van der Waals surface area contributed by atoms with Gasteiger partial charge in [-0.2, -0.15) is 5.53 Å². The van der Waals surface area contributed by atoms with Crippen LogP contribution in [0, 0.1) is 0 Å². The number of benzene rings is 2. The number of amidine groups is 1. The van der Waals surface area contributed by atoms with Crippen molar-refractivity contribution in [2.45, 2.75) is 11.8 Å². The van der Waals surface area contributed by atoms with E-state index in [9.17, 15) is 9.59 Å². The van der Waals surface area contributed by atoms with E-state index in [1.54, 1.807) is 31.3 Å². The van der Waals surface area contributed by atoms with Crippen molar-refractivity contribution in [3.63, 3.8) is 0 Å². The van der Waals surface area contributed by atoms with Crippen LogP contribution in [-0.2, 0) is 5.41 Å². The van der Waals surface area contributed by atoms with Gasteiger partial charge in [0.15, 0.2) is 0 Å². The minimum Gasteiger partial charge on any atom is -0.366 e. The number of carbonyl (C=O) groups is 2. The molecule has 0 spiro atoms. The Morgan fingerprint density at radius 1 is 1.00 bits per heavy atom. The normalized spacial score (nSPS) is 14.3. The highest BCUT2D eigenvalue weighted by Gasteiger charge is 2.47. The Balaban J connectivity index is 2.40. The Bertz CT molecular complexity index is 921. The van der Waals surface area contributed by atoms with Crippen LogP contribution < -0.4 is 34.0 Å². The molecule has 2 aromatic carbocycles. The Kier molecular flexibility index (Phi) is 5.14. The zero-order valence-electron chi connectivity index (χ0n) is 15.5. The molecule has 0 bridgehead atoms. The number of nitrogens with two attached hydrogens (primary N) is 4. The molecule has 0 unspecified atom stereocenters. The lowest BCUT2D eigenvalue weighted by Gasteiger charge is -2.33. The summed E-state index contributed by atoms with van der Waals surface area (Å²) >= 11 is 0. The van der Waals surface area contributed by atoms with Gasteiger partial charge in [0.1, 0.15) is 5.84 Å². The number of hydrogen-bond acceptors (Lipinski definition) is 6. The smallest absolute Gasteiger partial charge is 0.248 e. The number of primary amides is 2. The van der Waals surface area contributed by atoms with Crippen molar-refractivity contribution in [3.8, 4) is 11.1 Å². The lowest BCUT2D eigenvalue weighted by molar-refractivity contribution is 0.0991. The highest BCUT2D eigenvalue weighted by Crippen LogP contribution is 2.51. The summed E-state index contributed by atoms with van der Waals surface area (Å²) in [7, 11) is 1.64. The van der Waals surface area contributed by atoms with Crippen LogP contribution >= 0.6 is 0 Å². The third-order valence-electron chi connectivity index (χ3n) is 5.16. The number of hydrazine groups is 2. The molecule has 0 fully saturated rings. The molecule has 0 radical (unpaired) electrons. The number of carbonyl (C=O) groups excluding carboxylic acids is 2. The molecule has 9 heteroatoms. The van der Waals surface area contributed by atoms with E-state index in [4.69, 9.17) is 23.0 Å². The summed E-state index contributed by atoms with van der Waals surface area (Å²) in [5.74, 6) is 4.97.